The molecule has 0 aromatic heterocycles. The van der Waals surface area contributed by atoms with Crippen LogP contribution in [0.5, 0.6) is 0 Å². The largest absolute Gasteiger partial charge is 0.383 e. The fourth-order valence-electron chi connectivity index (χ4n) is 1.99. The highest BCUT2D eigenvalue weighted by Crippen LogP contribution is 2.13. The number of hydrogen-bond donors (Lipinski definition) is 1. The average molecular weight is 235 g/mol. The van der Waals surface area contributed by atoms with Gasteiger partial charge in [0.25, 0.3) is 0 Å². The van der Waals surface area contributed by atoms with Gasteiger partial charge in [0.15, 0.2) is 0 Å². The number of benzene rings is 1. The maximum atomic E-state index is 5.64. The minimum atomic E-state index is 0.605. The van der Waals surface area contributed by atoms with Gasteiger partial charge in [0.1, 0.15) is 0 Å². The zero-order valence-corrected chi connectivity index (χ0v) is 10.4. The van der Waals surface area contributed by atoms with Gasteiger partial charge in [-0.1, -0.05) is 18.2 Å². The first-order valence-corrected chi connectivity index (χ1v) is 6.31. The molecule has 1 N–H and O–H groups in total. The van der Waals surface area contributed by atoms with E-state index in [0.29, 0.717) is 5.92 Å². The van der Waals surface area contributed by atoms with Crippen molar-refractivity contribution in [1.82, 2.24) is 0 Å². The van der Waals surface area contributed by atoms with Crippen LogP contribution in [0.4, 0.5) is 5.69 Å². The molecule has 1 aliphatic heterocycles. The monoisotopic (exact) mass is 235 g/mol. The van der Waals surface area contributed by atoms with E-state index in [0.717, 1.165) is 39.4 Å². The molecular formula is C14H21NO2. The first-order chi connectivity index (χ1) is 8.36. The molecule has 3 heteroatoms. The fraction of sp³-hybridized carbons (Fsp3) is 0.571. The third kappa shape index (κ3) is 4.02. The predicted octanol–water partition coefficient (Wildman–Crippen LogP) is 2.46. The van der Waals surface area contributed by atoms with Crippen LogP contribution >= 0.6 is 0 Å². The molecule has 0 radical (unpaired) electrons. The third-order valence-corrected chi connectivity index (χ3v) is 3.08. The van der Waals surface area contributed by atoms with Crippen molar-refractivity contribution >= 4 is 5.69 Å². The summed E-state index contributed by atoms with van der Waals surface area (Å²) in [5.41, 5.74) is 2.47. The molecule has 0 aliphatic carbocycles. The number of ether oxygens (including phenoxy) is 2. The summed E-state index contributed by atoms with van der Waals surface area (Å²) in [5, 5.41) is 3.38. The second-order valence-electron chi connectivity index (χ2n) is 4.55. The molecule has 1 heterocycles. The molecule has 94 valence electrons. The van der Waals surface area contributed by atoms with Gasteiger partial charge in [0.2, 0.25) is 0 Å². The zero-order valence-electron chi connectivity index (χ0n) is 10.4. The lowest BCUT2D eigenvalue weighted by molar-refractivity contribution is 0.0964. The summed E-state index contributed by atoms with van der Waals surface area (Å²) in [6, 6.07) is 8.31. The second kappa shape index (κ2) is 6.62. The van der Waals surface area contributed by atoms with E-state index in [1.807, 2.05) is 6.07 Å². The fourth-order valence-corrected chi connectivity index (χ4v) is 1.99. The van der Waals surface area contributed by atoms with Gasteiger partial charge in [-0.2, -0.15) is 0 Å². The first-order valence-electron chi connectivity index (χ1n) is 6.31. The number of para-hydroxylation sites is 1. The lowest BCUT2D eigenvalue weighted by Crippen LogP contribution is -2.15. The van der Waals surface area contributed by atoms with Gasteiger partial charge in [-0.3, -0.25) is 0 Å². The van der Waals surface area contributed by atoms with Gasteiger partial charge in [0, 0.05) is 24.8 Å². The van der Waals surface area contributed by atoms with Crippen molar-refractivity contribution in [2.24, 2.45) is 5.92 Å². The lowest BCUT2D eigenvalue weighted by atomic mass is 10.1. The highest BCUT2D eigenvalue weighted by atomic mass is 16.5. The Bertz CT molecular complexity index is 335. The number of hydrogen-bond acceptors (Lipinski definition) is 3. The van der Waals surface area contributed by atoms with E-state index in [2.05, 4.69) is 30.4 Å². The van der Waals surface area contributed by atoms with Gasteiger partial charge in [-0.25, -0.2) is 0 Å². The van der Waals surface area contributed by atoms with E-state index in [-0.39, 0.29) is 0 Å². The molecule has 1 unspecified atom stereocenters. The maximum absolute atomic E-state index is 5.64. The average Bonchev–Trinajstić information content (AvgIpc) is 2.84. The predicted molar refractivity (Wildman–Crippen MR) is 69.4 cm³/mol. The Kier molecular flexibility index (Phi) is 4.83. The number of anilines is 1. The summed E-state index contributed by atoms with van der Waals surface area (Å²) < 4.78 is 10.9. The van der Waals surface area contributed by atoms with Crippen LogP contribution in [0.25, 0.3) is 0 Å². The summed E-state index contributed by atoms with van der Waals surface area (Å²) >= 11 is 0. The Morgan fingerprint density at radius 2 is 2.29 bits per heavy atom. The van der Waals surface area contributed by atoms with Crippen LogP contribution < -0.4 is 5.32 Å². The van der Waals surface area contributed by atoms with Crippen LogP contribution in [0.3, 0.4) is 0 Å². The maximum Gasteiger partial charge on any atom is 0.0639 e. The highest BCUT2D eigenvalue weighted by molar-refractivity contribution is 5.50. The number of aryl methyl sites for hydroxylation is 1. The Morgan fingerprint density at radius 1 is 1.41 bits per heavy atom. The summed E-state index contributed by atoms with van der Waals surface area (Å²) in [5.74, 6) is 0.605. The van der Waals surface area contributed by atoms with Gasteiger partial charge >= 0.3 is 0 Å². The highest BCUT2D eigenvalue weighted by Gasteiger charge is 2.15. The van der Waals surface area contributed by atoms with E-state index in [1.54, 1.807) is 0 Å². The van der Waals surface area contributed by atoms with Crippen molar-refractivity contribution in [3.63, 3.8) is 0 Å². The van der Waals surface area contributed by atoms with Crippen molar-refractivity contribution in [3.8, 4) is 0 Å². The number of rotatable bonds is 6. The van der Waals surface area contributed by atoms with Crippen LogP contribution in [-0.2, 0) is 9.47 Å². The molecule has 1 aromatic carbocycles. The number of nitrogens with one attached hydrogen (secondary N) is 1. The molecule has 0 saturated carbocycles. The van der Waals surface area contributed by atoms with Gasteiger partial charge in [-0.05, 0) is 25.0 Å². The summed E-state index contributed by atoms with van der Waals surface area (Å²) in [7, 11) is 0. The summed E-state index contributed by atoms with van der Waals surface area (Å²) in [6.07, 6.45) is 1.14. The van der Waals surface area contributed by atoms with E-state index >= 15 is 0 Å². The van der Waals surface area contributed by atoms with Crippen molar-refractivity contribution in [1.29, 1.82) is 0 Å². The Hall–Kier alpha value is -1.06. The van der Waals surface area contributed by atoms with Crippen LogP contribution in [0, 0.1) is 12.8 Å². The molecule has 1 aliphatic rings. The quantitative estimate of drug-likeness (QED) is 0.768. The van der Waals surface area contributed by atoms with E-state index < -0.39 is 0 Å². The second-order valence-corrected chi connectivity index (χ2v) is 4.55. The van der Waals surface area contributed by atoms with E-state index in [9.17, 15) is 0 Å². The SMILES string of the molecule is Cc1ccccc1NCCOCC1CCOC1. The third-order valence-electron chi connectivity index (χ3n) is 3.08. The molecule has 17 heavy (non-hydrogen) atoms. The Labute approximate surface area is 103 Å². The molecule has 3 nitrogen and oxygen atoms in total. The molecule has 1 fully saturated rings. The van der Waals surface area contributed by atoms with E-state index in [4.69, 9.17) is 9.47 Å². The topological polar surface area (TPSA) is 30.5 Å². The summed E-state index contributed by atoms with van der Waals surface area (Å²) in [4.78, 5) is 0. The normalized spacial score (nSPS) is 19.5. The van der Waals surface area contributed by atoms with Crippen molar-refractivity contribution in [2.45, 2.75) is 13.3 Å². The lowest BCUT2D eigenvalue weighted by Gasteiger charge is -2.11. The van der Waals surface area contributed by atoms with Crippen LogP contribution in [0.15, 0.2) is 24.3 Å². The molecule has 0 bridgehead atoms. The summed E-state index contributed by atoms with van der Waals surface area (Å²) in [6.45, 7) is 6.32. The van der Waals surface area contributed by atoms with Gasteiger partial charge in [-0.15, -0.1) is 0 Å². The molecule has 2 rings (SSSR count). The molecule has 0 amide bonds. The zero-order chi connectivity index (χ0) is 11.9. The van der Waals surface area contributed by atoms with Crippen LogP contribution in [-0.4, -0.2) is 33.0 Å². The molecule has 1 aromatic rings. The van der Waals surface area contributed by atoms with Crippen LogP contribution in [0.2, 0.25) is 0 Å². The van der Waals surface area contributed by atoms with Crippen molar-refractivity contribution in [3.05, 3.63) is 29.8 Å². The van der Waals surface area contributed by atoms with E-state index in [1.165, 1.54) is 11.3 Å². The Balaban J connectivity index is 1.58. The van der Waals surface area contributed by atoms with Gasteiger partial charge in [0.05, 0.1) is 19.8 Å². The van der Waals surface area contributed by atoms with Crippen LogP contribution in [0.1, 0.15) is 12.0 Å². The molecule has 1 saturated heterocycles. The van der Waals surface area contributed by atoms with Crippen molar-refractivity contribution in [2.75, 3.05) is 38.3 Å². The minimum absolute atomic E-state index is 0.605. The van der Waals surface area contributed by atoms with Crippen molar-refractivity contribution < 1.29 is 9.47 Å². The smallest absolute Gasteiger partial charge is 0.0639 e. The molecule has 1 atom stereocenters. The first kappa shape index (κ1) is 12.4. The molecular weight excluding hydrogens is 214 g/mol. The molecule has 0 spiro atoms. The standard InChI is InChI=1S/C14H21NO2/c1-12-4-2-3-5-14(12)15-7-9-17-11-13-6-8-16-10-13/h2-5,13,15H,6-11H2,1H3. The van der Waals surface area contributed by atoms with Gasteiger partial charge < -0.3 is 14.8 Å². The Morgan fingerprint density at radius 3 is 3.06 bits per heavy atom. The minimum Gasteiger partial charge on any atom is -0.383 e.